The van der Waals surface area contributed by atoms with Crippen LogP contribution in [0.25, 0.3) is 0 Å². The van der Waals surface area contributed by atoms with Gasteiger partial charge < -0.3 is 14.6 Å². The highest BCUT2D eigenvalue weighted by molar-refractivity contribution is 5.76. The number of carbonyl (C=O) groups is 1. The lowest BCUT2D eigenvalue weighted by molar-refractivity contribution is -0.138. The van der Waals surface area contributed by atoms with Crippen molar-refractivity contribution < 1.29 is 23.8 Å². The molecule has 2 rings (SSSR count). The number of carboxylic acid groups (broad SMARTS) is 1. The Bertz CT molecular complexity index is 444. The van der Waals surface area contributed by atoms with Crippen molar-refractivity contribution in [3.05, 3.63) is 23.5 Å². The number of rotatable bonds is 2. The van der Waals surface area contributed by atoms with Crippen LogP contribution >= 0.6 is 0 Å². The van der Waals surface area contributed by atoms with Crippen LogP contribution in [0.2, 0.25) is 0 Å². The Morgan fingerprint density at radius 3 is 2.82 bits per heavy atom. The van der Waals surface area contributed by atoms with E-state index in [1.807, 2.05) is 0 Å². The molecule has 1 unspecified atom stereocenters. The van der Waals surface area contributed by atoms with Crippen molar-refractivity contribution in [3.8, 4) is 11.5 Å². The highest BCUT2D eigenvalue weighted by Crippen LogP contribution is 2.35. The molecule has 1 N–H and O–H groups in total. The van der Waals surface area contributed by atoms with Gasteiger partial charge in [0.05, 0.1) is 19.1 Å². The molecule has 92 valence electrons. The van der Waals surface area contributed by atoms with Gasteiger partial charge in [-0.2, -0.15) is 0 Å². The monoisotopic (exact) mass is 240 g/mol. The third-order valence-electron chi connectivity index (χ3n) is 2.69. The smallest absolute Gasteiger partial charge is 0.310 e. The van der Waals surface area contributed by atoms with Crippen molar-refractivity contribution >= 4 is 5.97 Å². The zero-order chi connectivity index (χ0) is 12.4. The second-order valence-corrected chi connectivity index (χ2v) is 3.94. The Hall–Kier alpha value is -1.78. The summed E-state index contributed by atoms with van der Waals surface area (Å²) >= 11 is 0. The largest absolute Gasteiger partial charge is 0.489 e. The van der Waals surface area contributed by atoms with Crippen LogP contribution < -0.4 is 9.47 Å². The van der Waals surface area contributed by atoms with Gasteiger partial charge in [0.25, 0.3) is 0 Å². The van der Waals surface area contributed by atoms with E-state index in [4.69, 9.17) is 14.6 Å². The number of carboxylic acids is 1. The van der Waals surface area contributed by atoms with Crippen LogP contribution in [0.1, 0.15) is 24.8 Å². The maximum Gasteiger partial charge on any atom is 0.310 e. The topological polar surface area (TPSA) is 55.8 Å². The van der Waals surface area contributed by atoms with Crippen molar-refractivity contribution in [1.29, 1.82) is 0 Å². The Kier molecular flexibility index (Phi) is 3.17. The molecule has 0 aromatic heterocycles. The fraction of sp³-hybridized carbons (Fsp3) is 0.417. The first-order chi connectivity index (χ1) is 8.09. The highest BCUT2D eigenvalue weighted by Gasteiger charge is 2.21. The van der Waals surface area contributed by atoms with Crippen LogP contribution in [0.4, 0.5) is 4.39 Å². The summed E-state index contributed by atoms with van der Waals surface area (Å²) in [4.78, 5) is 10.9. The van der Waals surface area contributed by atoms with E-state index in [1.165, 1.54) is 19.1 Å². The first-order valence-electron chi connectivity index (χ1n) is 5.41. The molecule has 1 aromatic rings. The Morgan fingerprint density at radius 2 is 2.12 bits per heavy atom. The number of fused-ring (bicyclic) bond motifs is 1. The molecule has 1 atom stereocenters. The molecule has 1 heterocycles. The van der Waals surface area contributed by atoms with E-state index in [0.29, 0.717) is 25.2 Å². The van der Waals surface area contributed by atoms with E-state index in [0.717, 1.165) is 0 Å². The van der Waals surface area contributed by atoms with Gasteiger partial charge in [-0.1, -0.05) is 0 Å². The molecule has 0 radical (unpaired) electrons. The summed E-state index contributed by atoms with van der Waals surface area (Å²) in [7, 11) is 0. The number of ether oxygens (including phenoxy) is 2. The van der Waals surface area contributed by atoms with E-state index in [1.54, 1.807) is 0 Å². The lowest BCUT2D eigenvalue weighted by Gasteiger charge is -2.12. The molecule has 0 spiro atoms. The number of benzene rings is 1. The molecule has 0 saturated heterocycles. The molecule has 1 aliphatic rings. The first-order valence-corrected chi connectivity index (χ1v) is 5.41. The van der Waals surface area contributed by atoms with Gasteiger partial charge >= 0.3 is 5.97 Å². The molecular weight excluding hydrogens is 227 g/mol. The van der Waals surface area contributed by atoms with E-state index < -0.39 is 17.7 Å². The molecular formula is C12H13FO4. The van der Waals surface area contributed by atoms with Gasteiger partial charge in [0, 0.05) is 6.42 Å². The van der Waals surface area contributed by atoms with Crippen LogP contribution in [0.15, 0.2) is 12.1 Å². The lowest BCUT2D eigenvalue weighted by Crippen LogP contribution is -2.08. The SMILES string of the molecule is CC(C(=O)O)c1cc(F)c2c(c1)OCCCO2. The van der Waals surface area contributed by atoms with Gasteiger partial charge in [0.1, 0.15) is 0 Å². The van der Waals surface area contributed by atoms with Crippen LogP contribution in [0.5, 0.6) is 11.5 Å². The van der Waals surface area contributed by atoms with Crippen LogP contribution in [-0.2, 0) is 4.79 Å². The van der Waals surface area contributed by atoms with E-state index in [2.05, 4.69) is 0 Å². The second kappa shape index (κ2) is 4.61. The summed E-state index contributed by atoms with van der Waals surface area (Å²) in [6.45, 7) is 2.34. The van der Waals surface area contributed by atoms with Crippen LogP contribution in [-0.4, -0.2) is 24.3 Å². The molecule has 0 amide bonds. The number of halogens is 1. The highest BCUT2D eigenvalue weighted by atomic mass is 19.1. The molecule has 4 nitrogen and oxygen atoms in total. The van der Waals surface area contributed by atoms with Crippen molar-refractivity contribution in [3.63, 3.8) is 0 Å². The molecule has 0 bridgehead atoms. The number of aliphatic carboxylic acids is 1. The third-order valence-corrected chi connectivity index (χ3v) is 2.69. The third kappa shape index (κ3) is 2.33. The maximum absolute atomic E-state index is 13.7. The molecule has 0 saturated carbocycles. The predicted molar refractivity (Wildman–Crippen MR) is 58.1 cm³/mol. The average Bonchev–Trinajstić information content (AvgIpc) is 2.53. The van der Waals surface area contributed by atoms with Crippen molar-refractivity contribution in [1.82, 2.24) is 0 Å². The standard InChI is InChI=1S/C12H13FO4/c1-7(12(14)15)8-5-9(13)11-10(6-8)16-3-2-4-17-11/h5-7H,2-4H2,1H3,(H,14,15). The Balaban J connectivity index is 2.42. The Labute approximate surface area is 98.0 Å². The quantitative estimate of drug-likeness (QED) is 0.860. The van der Waals surface area contributed by atoms with E-state index >= 15 is 0 Å². The van der Waals surface area contributed by atoms with Crippen molar-refractivity contribution in [2.75, 3.05) is 13.2 Å². The fourth-order valence-electron chi connectivity index (χ4n) is 1.64. The van der Waals surface area contributed by atoms with Gasteiger partial charge in [-0.25, -0.2) is 4.39 Å². The minimum atomic E-state index is -1.00. The van der Waals surface area contributed by atoms with Gasteiger partial charge in [0.2, 0.25) is 0 Å². The maximum atomic E-state index is 13.7. The van der Waals surface area contributed by atoms with Crippen molar-refractivity contribution in [2.24, 2.45) is 0 Å². The minimum absolute atomic E-state index is 0.0730. The van der Waals surface area contributed by atoms with Crippen molar-refractivity contribution in [2.45, 2.75) is 19.3 Å². The number of hydrogen-bond acceptors (Lipinski definition) is 3. The predicted octanol–water partition coefficient (Wildman–Crippen LogP) is 2.18. The molecule has 5 heteroatoms. The molecule has 0 fully saturated rings. The van der Waals surface area contributed by atoms with E-state index in [-0.39, 0.29) is 11.5 Å². The van der Waals surface area contributed by atoms with Crippen LogP contribution in [0, 0.1) is 5.82 Å². The van der Waals surface area contributed by atoms with Gasteiger partial charge in [-0.15, -0.1) is 0 Å². The van der Waals surface area contributed by atoms with Crippen LogP contribution in [0.3, 0.4) is 0 Å². The summed E-state index contributed by atoms with van der Waals surface area (Å²) in [5.74, 6) is -2.00. The Morgan fingerprint density at radius 1 is 1.41 bits per heavy atom. The minimum Gasteiger partial charge on any atom is -0.489 e. The summed E-state index contributed by atoms with van der Waals surface area (Å²) in [6.07, 6.45) is 0.679. The molecule has 1 aromatic carbocycles. The van der Waals surface area contributed by atoms with Gasteiger partial charge in [0.15, 0.2) is 17.3 Å². The molecule has 1 aliphatic heterocycles. The first kappa shape index (κ1) is 11.7. The molecule has 17 heavy (non-hydrogen) atoms. The van der Waals surface area contributed by atoms with Gasteiger partial charge in [-0.3, -0.25) is 4.79 Å². The second-order valence-electron chi connectivity index (χ2n) is 3.94. The summed E-state index contributed by atoms with van der Waals surface area (Å²) in [5.41, 5.74) is 0.374. The fourth-order valence-corrected chi connectivity index (χ4v) is 1.64. The molecule has 0 aliphatic carbocycles. The number of hydrogen-bond donors (Lipinski definition) is 1. The zero-order valence-electron chi connectivity index (χ0n) is 9.40. The van der Waals surface area contributed by atoms with E-state index in [9.17, 15) is 9.18 Å². The van der Waals surface area contributed by atoms with Gasteiger partial charge in [-0.05, 0) is 24.6 Å². The summed E-state index contributed by atoms with van der Waals surface area (Å²) < 4.78 is 24.3. The summed E-state index contributed by atoms with van der Waals surface area (Å²) in [5, 5.41) is 8.89. The normalized spacial score (nSPS) is 16.1. The average molecular weight is 240 g/mol. The summed E-state index contributed by atoms with van der Waals surface area (Å²) in [6, 6.07) is 2.72. The lowest BCUT2D eigenvalue weighted by atomic mass is 10.0. The zero-order valence-corrected chi connectivity index (χ0v) is 9.40.